The number of nitrogens with one attached hydrogen (secondary N) is 3. The SMILES string of the molecule is CN(C)CC(O)CNc1ccc(Cl)cc1C(=N)C1=C(c2cn(C)c3c2=CCCC=3)C(=O)NC1=O. The van der Waals surface area contributed by atoms with Crippen LogP contribution in [0.5, 0.6) is 0 Å². The molecule has 2 amide bonds. The molecule has 4 N–H and O–H groups in total. The van der Waals surface area contributed by atoms with Crippen molar-refractivity contribution in [3.05, 3.63) is 56.7 Å². The van der Waals surface area contributed by atoms with Crippen LogP contribution in [0.15, 0.2) is 30.0 Å². The molecule has 0 bridgehead atoms. The van der Waals surface area contributed by atoms with E-state index < -0.39 is 17.9 Å². The van der Waals surface area contributed by atoms with Gasteiger partial charge in [-0.05, 0) is 45.1 Å². The molecule has 0 saturated carbocycles. The number of amides is 2. The Balaban J connectivity index is 1.79. The van der Waals surface area contributed by atoms with Gasteiger partial charge in [0, 0.05) is 58.7 Å². The first-order valence-corrected chi connectivity index (χ1v) is 11.5. The first kappa shape index (κ1) is 23.9. The number of benzene rings is 1. The van der Waals surface area contributed by atoms with E-state index in [1.165, 1.54) is 0 Å². The molecular formula is C25H28ClN5O3. The molecule has 4 rings (SSSR count). The molecule has 2 aromatic rings. The van der Waals surface area contributed by atoms with Gasteiger partial charge < -0.3 is 19.9 Å². The minimum absolute atomic E-state index is 0.0107. The molecule has 1 atom stereocenters. The second-order valence-electron chi connectivity index (χ2n) is 8.83. The van der Waals surface area contributed by atoms with E-state index in [-0.39, 0.29) is 23.4 Å². The lowest BCUT2D eigenvalue weighted by atomic mass is 9.93. The molecule has 1 aliphatic heterocycles. The molecule has 1 aromatic heterocycles. The number of aromatic nitrogens is 1. The number of carbonyl (C=O) groups is 2. The maximum Gasteiger partial charge on any atom is 0.261 e. The predicted octanol–water partition coefficient (Wildman–Crippen LogP) is 0.846. The van der Waals surface area contributed by atoms with Gasteiger partial charge in [-0.1, -0.05) is 23.8 Å². The number of aryl methyl sites for hydroxylation is 1. The lowest BCUT2D eigenvalue weighted by Crippen LogP contribution is -2.32. The van der Waals surface area contributed by atoms with Gasteiger partial charge in [-0.25, -0.2) is 0 Å². The maximum absolute atomic E-state index is 12.9. The number of imide groups is 1. The van der Waals surface area contributed by atoms with Gasteiger partial charge in [-0.3, -0.25) is 20.3 Å². The van der Waals surface area contributed by atoms with Crippen LogP contribution in [0.2, 0.25) is 5.02 Å². The minimum atomic E-state index is -0.638. The molecule has 34 heavy (non-hydrogen) atoms. The van der Waals surface area contributed by atoms with Crippen LogP contribution < -0.4 is 21.2 Å². The standard InChI is InChI=1S/C25H28ClN5O3/c1-30(2)12-15(32)11-28-19-9-8-14(26)10-17(19)23(27)22-21(24(33)29-25(22)34)18-13-31(3)20-7-5-4-6-16(18)20/h6-10,13,15,27-28,32H,4-5,11-12H2,1-3H3,(H,29,33,34). The zero-order chi connectivity index (χ0) is 24.6. The number of carbonyl (C=O) groups excluding carboxylic acids is 2. The summed E-state index contributed by atoms with van der Waals surface area (Å²) in [6.07, 6.45) is 7.12. The topological polar surface area (TPSA) is 110 Å². The Morgan fingerprint density at radius 2 is 2.00 bits per heavy atom. The number of anilines is 1. The van der Waals surface area contributed by atoms with Gasteiger partial charge in [-0.15, -0.1) is 0 Å². The monoisotopic (exact) mass is 481 g/mol. The van der Waals surface area contributed by atoms with E-state index in [4.69, 9.17) is 17.0 Å². The average molecular weight is 482 g/mol. The number of hydrogen-bond donors (Lipinski definition) is 4. The van der Waals surface area contributed by atoms with Crippen molar-refractivity contribution in [3.63, 3.8) is 0 Å². The average Bonchev–Trinajstić information content (AvgIpc) is 3.27. The molecule has 0 saturated heterocycles. The molecule has 2 aliphatic rings. The number of likely N-dealkylation sites (N-methyl/N-ethyl adjacent to an activating group) is 1. The first-order chi connectivity index (χ1) is 16.2. The molecule has 0 radical (unpaired) electrons. The third kappa shape index (κ3) is 4.57. The quantitative estimate of drug-likeness (QED) is 0.330. The summed E-state index contributed by atoms with van der Waals surface area (Å²) in [5, 5.41) is 27.0. The van der Waals surface area contributed by atoms with Crippen LogP contribution in [-0.2, 0) is 16.6 Å². The minimum Gasteiger partial charge on any atom is -0.390 e. The Morgan fingerprint density at radius 1 is 1.26 bits per heavy atom. The number of hydrogen-bond acceptors (Lipinski definition) is 6. The van der Waals surface area contributed by atoms with Crippen molar-refractivity contribution in [1.82, 2.24) is 14.8 Å². The summed E-state index contributed by atoms with van der Waals surface area (Å²) in [7, 11) is 5.64. The van der Waals surface area contributed by atoms with Crippen LogP contribution in [0.25, 0.3) is 17.7 Å². The smallest absolute Gasteiger partial charge is 0.261 e. The molecule has 1 aliphatic carbocycles. The summed E-state index contributed by atoms with van der Waals surface area (Å²) in [5.74, 6) is -1.13. The Morgan fingerprint density at radius 3 is 2.74 bits per heavy atom. The van der Waals surface area contributed by atoms with Crippen LogP contribution in [0.3, 0.4) is 0 Å². The third-order valence-corrected chi connectivity index (χ3v) is 6.16. The fourth-order valence-electron chi connectivity index (χ4n) is 4.45. The summed E-state index contributed by atoms with van der Waals surface area (Å²) < 4.78 is 1.93. The second kappa shape index (κ2) is 9.58. The lowest BCUT2D eigenvalue weighted by molar-refractivity contribution is -0.123. The van der Waals surface area contributed by atoms with Crippen LogP contribution in [0.4, 0.5) is 5.69 Å². The third-order valence-electron chi connectivity index (χ3n) is 5.93. The normalized spacial score (nSPS) is 16.2. The van der Waals surface area contributed by atoms with Gasteiger partial charge in [-0.2, -0.15) is 0 Å². The highest BCUT2D eigenvalue weighted by Gasteiger charge is 2.36. The van der Waals surface area contributed by atoms with E-state index in [1.54, 1.807) is 18.2 Å². The van der Waals surface area contributed by atoms with Crippen LogP contribution in [0.1, 0.15) is 24.0 Å². The van der Waals surface area contributed by atoms with E-state index in [2.05, 4.69) is 22.8 Å². The highest BCUT2D eigenvalue weighted by molar-refractivity contribution is 6.47. The van der Waals surface area contributed by atoms with Gasteiger partial charge in [0.2, 0.25) is 0 Å². The first-order valence-electron chi connectivity index (χ1n) is 11.1. The summed E-state index contributed by atoms with van der Waals surface area (Å²) in [6, 6.07) is 4.97. The number of nitrogens with zero attached hydrogens (tertiary/aromatic N) is 2. The zero-order valence-corrected chi connectivity index (χ0v) is 20.2. The Hall–Kier alpha value is -3.20. The number of fused-ring (bicyclic) bond motifs is 1. The van der Waals surface area contributed by atoms with E-state index >= 15 is 0 Å². The van der Waals surface area contributed by atoms with Crippen molar-refractivity contribution in [2.45, 2.75) is 18.9 Å². The maximum atomic E-state index is 12.9. The summed E-state index contributed by atoms with van der Waals surface area (Å²) in [5.41, 5.74) is 1.65. The van der Waals surface area contributed by atoms with Crippen LogP contribution in [-0.4, -0.2) is 65.4 Å². The summed E-state index contributed by atoms with van der Waals surface area (Å²) in [4.78, 5) is 27.7. The molecule has 0 fully saturated rings. The molecule has 178 valence electrons. The van der Waals surface area contributed by atoms with Crippen molar-refractivity contribution in [2.75, 3.05) is 32.5 Å². The highest BCUT2D eigenvalue weighted by Crippen LogP contribution is 2.29. The van der Waals surface area contributed by atoms with Crippen molar-refractivity contribution >= 4 is 52.5 Å². The fourth-order valence-corrected chi connectivity index (χ4v) is 4.62. The molecule has 1 unspecified atom stereocenters. The molecule has 1 aromatic carbocycles. The van der Waals surface area contributed by atoms with Gasteiger partial charge in [0.05, 0.1) is 23.0 Å². The van der Waals surface area contributed by atoms with E-state index in [0.717, 1.165) is 23.4 Å². The number of rotatable bonds is 8. The lowest BCUT2D eigenvalue weighted by Gasteiger charge is -2.19. The van der Waals surface area contributed by atoms with Crippen LogP contribution in [0, 0.1) is 5.41 Å². The molecule has 9 heteroatoms. The van der Waals surface area contributed by atoms with E-state index in [9.17, 15) is 14.7 Å². The number of halogens is 1. The molecular weight excluding hydrogens is 454 g/mol. The Kier molecular flexibility index (Phi) is 6.74. The van der Waals surface area contributed by atoms with Crippen molar-refractivity contribution in [2.24, 2.45) is 7.05 Å². The van der Waals surface area contributed by atoms with Crippen molar-refractivity contribution < 1.29 is 14.7 Å². The predicted molar refractivity (Wildman–Crippen MR) is 134 cm³/mol. The van der Waals surface area contributed by atoms with E-state index in [1.807, 2.05) is 36.8 Å². The van der Waals surface area contributed by atoms with Crippen LogP contribution >= 0.6 is 11.6 Å². The fraction of sp³-hybridized carbons (Fsp3) is 0.320. The van der Waals surface area contributed by atoms with Gasteiger partial charge >= 0.3 is 0 Å². The van der Waals surface area contributed by atoms with E-state index in [0.29, 0.717) is 28.4 Å². The molecule has 8 nitrogen and oxygen atoms in total. The van der Waals surface area contributed by atoms with Crippen molar-refractivity contribution in [1.29, 1.82) is 5.41 Å². The van der Waals surface area contributed by atoms with Gasteiger partial charge in [0.1, 0.15) is 0 Å². The summed E-state index contributed by atoms with van der Waals surface area (Å²) in [6.45, 7) is 0.709. The summed E-state index contributed by atoms with van der Waals surface area (Å²) >= 11 is 6.24. The molecule has 2 heterocycles. The number of aliphatic hydroxyl groups excluding tert-OH is 1. The zero-order valence-electron chi connectivity index (χ0n) is 19.4. The largest absolute Gasteiger partial charge is 0.390 e. The Labute approximate surface area is 202 Å². The molecule has 0 spiro atoms. The highest BCUT2D eigenvalue weighted by atomic mass is 35.5. The second-order valence-corrected chi connectivity index (χ2v) is 9.27. The van der Waals surface area contributed by atoms with Gasteiger partial charge in [0.15, 0.2) is 0 Å². The van der Waals surface area contributed by atoms with Crippen molar-refractivity contribution in [3.8, 4) is 0 Å². The number of aliphatic hydroxyl groups is 1. The Bertz CT molecular complexity index is 1340. The van der Waals surface area contributed by atoms with Gasteiger partial charge in [0.25, 0.3) is 11.8 Å².